The average molecular weight is 226 g/mol. The first-order valence-corrected chi connectivity index (χ1v) is 5.60. The van der Waals surface area contributed by atoms with Crippen LogP contribution in [0.1, 0.15) is 12.0 Å². The summed E-state index contributed by atoms with van der Waals surface area (Å²) in [6, 6.07) is 3.30. The molecule has 1 aliphatic rings. The van der Waals surface area contributed by atoms with Gasteiger partial charge in [0, 0.05) is 19.6 Å². The van der Waals surface area contributed by atoms with Gasteiger partial charge < -0.3 is 10.2 Å². The van der Waals surface area contributed by atoms with Crippen molar-refractivity contribution in [2.45, 2.75) is 13.3 Å². The maximum absolute atomic E-state index is 13.7. The largest absolute Gasteiger partial charge is 0.368 e. The molecule has 1 heterocycles. The average Bonchev–Trinajstić information content (AvgIpc) is 2.55. The first kappa shape index (κ1) is 11.3. The Hall–Kier alpha value is -1.16. The van der Waals surface area contributed by atoms with Crippen molar-refractivity contribution >= 4 is 5.69 Å². The van der Waals surface area contributed by atoms with Crippen molar-refractivity contribution in [1.29, 1.82) is 0 Å². The predicted molar refractivity (Wildman–Crippen MR) is 60.8 cm³/mol. The normalized spacial score (nSPS) is 17.3. The molecule has 1 aliphatic heterocycles. The summed E-state index contributed by atoms with van der Waals surface area (Å²) >= 11 is 0. The van der Waals surface area contributed by atoms with Gasteiger partial charge in [0.1, 0.15) is 0 Å². The molecule has 0 amide bonds. The van der Waals surface area contributed by atoms with Gasteiger partial charge in [0.05, 0.1) is 5.69 Å². The Balaban J connectivity index is 2.28. The Kier molecular flexibility index (Phi) is 3.39. The highest BCUT2D eigenvalue weighted by Crippen LogP contribution is 2.24. The molecule has 0 bridgehead atoms. The van der Waals surface area contributed by atoms with Gasteiger partial charge in [0.15, 0.2) is 11.6 Å². The molecule has 1 aromatic rings. The molecule has 1 aromatic carbocycles. The minimum atomic E-state index is -0.727. The van der Waals surface area contributed by atoms with Crippen LogP contribution in [0.3, 0.4) is 0 Å². The van der Waals surface area contributed by atoms with Gasteiger partial charge in [-0.05, 0) is 31.5 Å². The molecule has 1 N–H and O–H groups in total. The molecule has 88 valence electrons. The summed E-state index contributed by atoms with van der Waals surface area (Å²) in [5.74, 6) is -1.45. The van der Waals surface area contributed by atoms with Crippen molar-refractivity contribution in [2.24, 2.45) is 0 Å². The third kappa shape index (κ3) is 2.16. The Morgan fingerprint density at radius 1 is 1.12 bits per heavy atom. The molecule has 0 saturated carbocycles. The van der Waals surface area contributed by atoms with E-state index in [-0.39, 0.29) is 0 Å². The van der Waals surface area contributed by atoms with E-state index >= 15 is 0 Å². The Morgan fingerprint density at radius 2 is 1.94 bits per heavy atom. The van der Waals surface area contributed by atoms with Gasteiger partial charge in [0.2, 0.25) is 0 Å². The van der Waals surface area contributed by atoms with Crippen molar-refractivity contribution in [3.05, 3.63) is 29.3 Å². The Labute approximate surface area is 94.3 Å². The highest BCUT2D eigenvalue weighted by Gasteiger charge is 2.17. The number of benzene rings is 1. The van der Waals surface area contributed by atoms with Crippen LogP contribution in [0.5, 0.6) is 0 Å². The maximum atomic E-state index is 13.7. The molecule has 16 heavy (non-hydrogen) atoms. The summed E-state index contributed by atoms with van der Waals surface area (Å²) in [5, 5.41) is 3.23. The van der Waals surface area contributed by atoms with Crippen LogP contribution in [0.25, 0.3) is 0 Å². The van der Waals surface area contributed by atoms with Gasteiger partial charge in [-0.15, -0.1) is 0 Å². The number of nitrogens with one attached hydrogen (secondary N) is 1. The van der Waals surface area contributed by atoms with E-state index in [2.05, 4.69) is 5.32 Å². The van der Waals surface area contributed by atoms with Crippen LogP contribution in [0.4, 0.5) is 14.5 Å². The van der Waals surface area contributed by atoms with E-state index < -0.39 is 11.6 Å². The van der Waals surface area contributed by atoms with Crippen LogP contribution in [0.2, 0.25) is 0 Å². The zero-order chi connectivity index (χ0) is 11.5. The van der Waals surface area contributed by atoms with Crippen LogP contribution in [0, 0.1) is 18.6 Å². The van der Waals surface area contributed by atoms with Gasteiger partial charge in [0.25, 0.3) is 0 Å². The third-order valence-corrected chi connectivity index (χ3v) is 2.94. The van der Waals surface area contributed by atoms with Gasteiger partial charge in [-0.2, -0.15) is 0 Å². The van der Waals surface area contributed by atoms with E-state index in [0.29, 0.717) is 11.3 Å². The molecule has 2 rings (SSSR count). The predicted octanol–water partition coefficient (Wildman–Crippen LogP) is 2.07. The number of aryl methyl sites for hydroxylation is 1. The smallest absolute Gasteiger partial charge is 0.182 e. The number of nitrogens with zero attached hydrogens (tertiary/aromatic N) is 1. The van der Waals surface area contributed by atoms with Gasteiger partial charge >= 0.3 is 0 Å². The fourth-order valence-corrected chi connectivity index (χ4v) is 1.97. The van der Waals surface area contributed by atoms with Crippen LogP contribution in [0.15, 0.2) is 12.1 Å². The third-order valence-electron chi connectivity index (χ3n) is 2.94. The molecule has 0 unspecified atom stereocenters. The van der Waals surface area contributed by atoms with Crippen molar-refractivity contribution in [3.8, 4) is 0 Å². The SMILES string of the molecule is Cc1ccc(N2CCCNCC2)c(F)c1F. The second-order valence-corrected chi connectivity index (χ2v) is 4.12. The first-order chi connectivity index (χ1) is 7.70. The summed E-state index contributed by atoms with van der Waals surface area (Å²) in [6.07, 6.45) is 0.953. The van der Waals surface area contributed by atoms with E-state index in [1.165, 1.54) is 0 Å². The van der Waals surface area contributed by atoms with Crippen molar-refractivity contribution < 1.29 is 8.78 Å². The molecule has 2 nitrogen and oxygen atoms in total. The molecule has 1 fully saturated rings. The van der Waals surface area contributed by atoms with Gasteiger partial charge in [-0.3, -0.25) is 0 Å². The fourth-order valence-electron chi connectivity index (χ4n) is 1.97. The number of halogens is 2. The molecular formula is C12H16F2N2. The lowest BCUT2D eigenvalue weighted by Crippen LogP contribution is -2.28. The molecule has 0 radical (unpaired) electrons. The van der Waals surface area contributed by atoms with E-state index in [9.17, 15) is 8.78 Å². The summed E-state index contributed by atoms with van der Waals surface area (Å²) in [4.78, 5) is 1.90. The molecular weight excluding hydrogens is 210 g/mol. The highest BCUT2D eigenvalue weighted by molar-refractivity contribution is 5.49. The summed E-state index contributed by atoms with van der Waals surface area (Å²) in [7, 11) is 0. The Bertz CT molecular complexity index is 372. The number of rotatable bonds is 1. The minimum Gasteiger partial charge on any atom is -0.368 e. The summed E-state index contributed by atoms with van der Waals surface area (Å²) < 4.78 is 27.2. The summed E-state index contributed by atoms with van der Waals surface area (Å²) in [5.41, 5.74) is 0.737. The second-order valence-electron chi connectivity index (χ2n) is 4.12. The monoisotopic (exact) mass is 226 g/mol. The molecule has 0 atom stereocenters. The highest BCUT2D eigenvalue weighted by atomic mass is 19.2. The standard InChI is InChI=1S/C12H16F2N2/c1-9-3-4-10(12(14)11(9)13)16-7-2-5-15-6-8-16/h3-4,15H,2,5-8H2,1H3. The van der Waals surface area contributed by atoms with Crippen LogP contribution >= 0.6 is 0 Å². The van der Waals surface area contributed by atoms with Crippen LogP contribution < -0.4 is 10.2 Å². The maximum Gasteiger partial charge on any atom is 0.182 e. The van der Waals surface area contributed by atoms with E-state index in [1.807, 2.05) is 4.90 Å². The zero-order valence-electron chi connectivity index (χ0n) is 9.39. The van der Waals surface area contributed by atoms with Crippen molar-refractivity contribution in [1.82, 2.24) is 5.32 Å². The quantitative estimate of drug-likeness (QED) is 0.788. The first-order valence-electron chi connectivity index (χ1n) is 5.60. The molecule has 0 spiro atoms. The lowest BCUT2D eigenvalue weighted by Gasteiger charge is -2.23. The summed E-state index contributed by atoms with van der Waals surface area (Å²) in [6.45, 7) is 4.82. The number of hydrogen-bond acceptors (Lipinski definition) is 2. The van der Waals surface area contributed by atoms with Gasteiger partial charge in [-0.25, -0.2) is 8.78 Å². The lowest BCUT2D eigenvalue weighted by molar-refractivity contribution is 0.501. The second kappa shape index (κ2) is 4.78. The molecule has 0 aromatic heterocycles. The van der Waals surface area contributed by atoms with E-state index in [1.54, 1.807) is 19.1 Å². The molecule has 0 aliphatic carbocycles. The van der Waals surface area contributed by atoms with Crippen LogP contribution in [-0.2, 0) is 0 Å². The number of anilines is 1. The van der Waals surface area contributed by atoms with Crippen LogP contribution in [-0.4, -0.2) is 26.2 Å². The van der Waals surface area contributed by atoms with Crippen molar-refractivity contribution in [3.63, 3.8) is 0 Å². The lowest BCUT2D eigenvalue weighted by atomic mass is 10.2. The molecule has 1 saturated heterocycles. The topological polar surface area (TPSA) is 15.3 Å². The Morgan fingerprint density at radius 3 is 2.75 bits per heavy atom. The number of hydrogen-bond donors (Lipinski definition) is 1. The minimum absolute atomic E-state index is 0.356. The zero-order valence-corrected chi connectivity index (χ0v) is 9.39. The van der Waals surface area contributed by atoms with E-state index in [0.717, 1.165) is 32.6 Å². The van der Waals surface area contributed by atoms with Crippen molar-refractivity contribution in [2.75, 3.05) is 31.1 Å². The van der Waals surface area contributed by atoms with E-state index in [4.69, 9.17) is 0 Å². The molecule has 4 heteroatoms. The van der Waals surface area contributed by atoms with Gasteiger partial charge in [-0.1, -0.05) is 6.07 Å². The fraction of sp³-hybridized carbons (Fsp3) is 0.500.